The standard InChI is InChI=1S/C22H16ClN3O6S.Na/c23-10-17(27)26-12-5-3-4-11(8-12)25-15-9-16(33(30,31)32)20(24)19-18(15)21(28)13-6-1-2-7-14(13)22(19)29;/h1-9,25H,10,24H2,(H,26,27)(H,30,31,32);/q;+1/p-1. The normalized spacial score (nSPS) is 13.1. The molecule has 0 bridgehead atoms. The van der Waals surface area contributed by atoms with Crippen molar-refractivity contribution in [2.75, 3.05) is 16.9 Å². The second-order valence-electron chi connectivity index (χ2n) is 7.08. The van der Waals surface area contributed by atoms with Crippen LogP contribution >= 0.6 is 11.6 Å². The zero-order valence-electron chi connectivity index (χ0n) is 17.7. The Bertz CT molecular complexity index is 1470. The van der Waals surface area contributed by atoms with Crippen molar-refractivity contribution >= 4 is 61.9 Å². The van der Waals surface area contributed by atoms with E-state index in [4.69, 9.17) is 17.3 Å². The van der Waals surface area contributed by atoms with Crippen LogP contribution in [-0.4, -0.2) is 36.3 Å². The third-order valence-electron chi connectivity index (χ3n) is 4.97. The second kappa shape index (κ2) is 9.87. The number of nitrogen functional groups attached to an aromatic ring is 1. The summed E-state index contributed by atoms with van der Waals surface area (Å²) >= 11 is 5.48. The molecular weight excluding hydrogens is 493 g/mol. The minimum absolute atomic E-state index is 0. The number of hydrogen-bond donors (Lipinski definition) is 3. The van der Waals surface area contributed by atoms with E-state index in [1.165, 1.54) is 18.2 Å². The SMILES string of the molecule is Nc1c(S(=O)(=O)O)cc(Nc2cccc(N=C([O-])CCl)c2)c2c1C(=O)c1ccccc1C2=O.[Na+]. The Balaban J connectivity index is 0.00000324. The van der Waals surface area contributed by atoms with Gasteiger partial charge in [0, 0.05) is 16.8 Å². The first kappa shape index (κ1) is 25.9. The molecule has 0 saturated carbocycles. The molecule has 0 saturated heterocycles. The molecule has 1 aliphatic carbocycles. The third kappa shape index (κ3) is 4.74. The monoisotopic (exact) mass is 507 g/mol. The first-order valence-electron chi connectivity index (χ1n) is 9.42. The molecule has 4 N–H and O–H groups in total. The molecule has 3 aromatic rings. The summed E-state index contributed by atoms with van der Waals surface area (Å²) in [6.07, 6.45) is 0. The Kier molecular flexibility index (Phi) is 7.51. The number of anilines is 3. The largest absolute Gasteiger partial charge is 1.00 e. The summed E-state index contributed by atoms with van der Waals surface area (Å²) in [6.45, 7) is 0. The number of nitrogens with zero attached hydrogens (tertiary/aromatic N) is 1. The molecular formula is C22H15ClN3NaO6S. The van der Waals surface area contributed by atoms with Crippen LogP contribution < -0.4 is 45.7 Å². The van der Waals surface area contributed by atoms with Gasteiger partial charge in [-0.2, -0.15) is 8.42 Å². The van der Waals surface area contributed by atoms with Gasteiger partial charge in [0.1, 0.15) is 4.90 Å². The molecule has 0 atom stereocenters. The molecule has 4 rings (SSSR count). The average molecular weight is 508 g/mol. The van der Waals surface area contributed by atoms with E-state index in [-0.39, 0.29) is 69.1 Å². The summed E-state index contributed by atoms with van der Waals surface area (Å²) in [7, 11) is -4.83. The van der Waals surface area contributed by atoms with Gasteiger partial charge >= 0.3 is 29.6 Å². The maximum absolute atomic E-state index is 13.3. The van der Waals surface area contributed by atoms with Crippen molar-refractivity contribution < 1.29 is 57.2 Å². The van der Waals surface area contributed by atoms with Gasteiger partial charge in [-0.05, 0) is 30.2 Å². The Hall–Kier alpha value is -2.73. The molecule has 168 valence electrons. The van der Waals surface area contributed by atoms with Gasteiger partial charge in [0.15, 0.2) is 11.6 Å². The smallest absolute Gasteiger partial charge is 0.861 e. The van der Waals surface area contributed by atoms with Gasteiger partial charge in [0.2, 0.25) is 0 Å². The van der Waals surface area contributed by atoms with Gasteiger partial charge in [-0.3, -0.25) is 19.1 Å². The third-order valence-corrected chi connectivity index (χ3v) is 6.09. The summed E-state index contributed by atoms with van der Waals surface area (Å²) in [6, 6.07) is 13.2. The first-order valence-corrected chi connectivity index (χ1v) is 11.4. The summed E-state index contributed by atoms with van der Waals surface area (Å²) < 4.78 is 33.6. The molecule has 12 heteroatoms. The second-order valence-corrected chi connectivity index (χ2v) is 8.74. The summed E-state index contributed by atoms with van der Waals surface area (Å²) in [5, 5.41) is 14.4. The summed E-state index contributed by atoms with van der Waals surface area (Å²) in [5.41, 5.74) is 5.69. The molecule has 1 aliphatic rings. The molecule has 0 heterocycles. The number of hydrogen-bond acceptors (Lipinski definition) is 8. The fourth-order valence-corrected chi connectivity index (χ4v) is 4.29. The number of fused-ring (bicyclic) bond motifs is 2. The van der Waals surface area contributed by atoms with E-state index in [1.807, 2.05) is 0 Å². The molecule has 0 radical (unpaired) electrons. The van der Waals surface area contributed by atoms with Crippen molar-refractivity contribution in [3.63, 3.8) is 0 Å². The number of rotatable bonds is 5. The van der Waals surface area contributed by atoms with E-state index in [0.29, 0.717) is 5.69 Å². The van der Waals surface area contributed by atoms with E-state index in [0.717, 1.165) is 6.07 Å². The van der Waals surface area contributed by atoms with E-state index < -0.39 is 38.2 Å². The molecule has 0 fully saturated rings. The number of alkyl halides is 1. The fraction of sp³-hybridized carbons (Fsp3) is 0.0455. The molecule has 0 spiro atoms. The Morgan fingerprint density at radius 3 is 2.24 bits per heavy atom. The number of benzene rings is 3. The minimum atomic E-state index is -4.83. The van der Waals surface area contributed by atoms with Crippen LogP contribution in [0.4, 0.5) is 22.7 Å². The Morgan fingerprint density at radius 2 is 1.65 bits per heavy atom. The number of nitrogens with two attached hydrogens (primary N) is 1. The van der Waals surface area contributed by atoms with E-state index in [9.17, 15) is 27.7 Å². The first-order chi connectivity index (χ1) is 15.6. The van der Waals surface area contributed by atoms with Crippen molar-refractivity contribution in [1.82, 2.24) is 0 Å². The topological polar surface area (TPSA) is 162 Å². The molecule has 0 aromatic heterocycles. The average Bonchev–Trinajstić information content (AvgIpc) is 2.77. The van der Waals surface area contributed by atoms with Crippen molar-refractivity contribution in [1.29, 1.82) is 0 Å². The number of halogens is 1. The zero-order chi connectivity index (χ0) is 23.9. The fourth-order valence-electron chi connectivity index (χ4n) is 3.59. The molecule has 9 nitrogen and oxygen atoms in total. The van der Waals surface area contributed by atoms with Crippen LogP contribution in [-0.2, 0) is 10.1 Å². The predicted molar refractivity (Wildman–Crippen MR) is 122 cm³/mol. The molecule has 0 amide bonds. The number of carbonyl (C=O) groups excluding carboxylic acids is 2. The summed E-state index contributed by atoms with van der Waals surface area (Å²) in [5.74, 6) is -2.07. The van der Waals surface area contributed by atoms with E-state index >= 15 is 0 Å². The number of nitrogens with one attached hydrogen (secondary N) is 1. The maximum Gasteiger partial charge on any atom is 1.00 e. The molecule has 0 aliphatic heterocycles. The number of aliphatic imine (C=N–C) groups is 1. The quantitative estimate of drug-likeness (QED) is 0.0825. The van der Waals surface area contributed by atoms with Crippen LogP contribution in [0.2, 0.25) is 0 Å². The van der Waals surface area contributed by atoms with Crippen LogP contribution in [0.15, 0.2) is 64.5 Å². The summed E-state index contributed by atoms with van der Waals surface area (Å²) in [4.78, 5) is 29.5. The number of ketones is 2. The maximum atomic E-state index is 13.3. The van der Waals surface area contributed by atoms with Crippen molar-refractivity contribution in [3.05, 3.63) is 76.9 Å². The van der Waals surface area contributed by atoms with Gasteiger partial charge < -0.3 is 16.2 Å². The van der Waals surface area contributed by atoms with Crippen LogP contribution in [0.5, 0.6) is 0 Å². The minimum Gasteiger partial charge on any atom is -0.861 e. The van der Waals surface area contributed by atoms with Crippen molar-refractivity contribution in [2.45, 2.75) is 4.90 Å². The Labute approximate surface area is 221 Å². The van der Waals surface area contributed by atoms with Crippen LogP contribution in [0, 0.1) is 0 Å². The van der Waals surface area contributed by atoms with Crippen LogP contribution in [0.25, 0.3) is 0 Å². The predicted octanol–water partition coefficient (Wildman–Crippen LogP) is -0.332. The van der Waals surface area contributed by atoms with Gasteiger partial charge in [-0.1, -0.05) is 30.3 Å². The van der Waals surface area contributed by atoms with Gasteiger partial charge in [0.05, 0.1) is 34.1 Å². The van der Waals surface area contributed by atoms with Gasteiger partial charge in [0.25, 0.3) is 10.1 Å². The van der Waals surface area contributed by atoms with Crippen LogP contribution in [0.3, 0.4) is 0 Å². The molecule has 0 unspecified atom stereocenters. The van der Waals surface area contributed by atoms with E-state index in [1.54, 1.807) is 30.3 Å². The van der Waals surface area contributed by atoms with E-state index in [2.05, 4.69) is 10.3 Å². The van der Waals surface area contributed by atoms with Gasteiger partial charge in [-0.25, -0.2) is 0 Å². The van der Waals surface area contributed by atoms with Crippen LogP contribution in [0.1, 0.15) is 31.8 Å². The van der Waals surface area contributed by atoms with Crippen molar-refractivity contribution in [3.8, 4) is 0 Å². The zero-order valence-corrected chi connectivity index (χ0v) is 21.3. The molecule has 3 aromatic carbocycles. The molecule has 34 heavy (non-hydrogen) atoms. The van der Waals surface area contributed by atoms with Gasteiger partial charge in [-0.15, -0.1) is 11.6 Å². The Morgan fingerprint density at radius 1 is 1.03 bits per heavy atom. The van der Waals surface area contributed by atoms with Crippen molar-refractivity contribution in [2.24, 2.45) is 4.99 Å². The number of carbonyl (C=O) groups is 2.